The standard InChI is InChI=1S/C8H13N3OS/c9-5-8(1-3-12-6-8)11-7-10-2-4-13-7/h2,4H,1,3,5-6,9H2,(H,10,11). The second-order valence-electron chi connectivity index (χ2n) is 3.25. The van der Waals surface area contributed by atoms with Gasteiger partial charge in [-0.2, -0.15) is 0 Å². The molecule has 1 fully saturated rings. The van der Waals surface area contributed by atoms with Gasteiger partial charge >= 0.3 is 0 Å². The highest BCUT2D eigenvalue weighted by Crippen LogP contribution is 2.24. The number of nitrogens with two attached hydrogens (primary N) is 1. The van der Waals surface area contributed by atoms with E-state index in [1.54, 1.807) is 17.5 Å². The number of nitrogens with one attached hydrogen (secondary N) is 1. The fraction of sp³-hybridized carbons (Fsp3) is 0.625. The van der Waals surface area contributed by atoms with Crippen LogP contribution in [0.15, 0.2) is 11.6 Å². The normalized spacial score (nSPS) is 27.8. The first kappa shape index (κ1) is 8.93. The number of hydrogen-bond acceptors (Lipinski definition) is 5. The smallest absolute Gasteiger partial charge is 0.183 e. The first-order chi connectivity index (χ1) is 6.35. The van der Waals surface area contributed by atoms with Gasteiger partial charge in [0.05, 0.1) is 12.1 Å². The maximum absolute atomic E-state index is 5.72. The predicted octanol–water partition coefficient (Wildman–Crippen LogP) is 0.673. The minimum absolute atomic E-state index is 0.0855. The zero-order valence-corrected chi connectivity index (χ0v) is 8.14. The Morgan fingerprint density at radius 1 is 1.77 bits per heavy atom. The molecular formula is C8H13N3OS. The molecule has 1 aromatic rings. The quantitative estimate of drug-likeness (QED) is 0.751. The van der Waals surface area contributed by atoms with Crippen LogP contribution >= 0.6 is 11.3 Å². The zero-order valence-electron chi connectivity index (χ0n) is 7.32. The molecule has 0 spiro atoms. The van der Waals surface area contributed by atoms with Crippen molar-refractivity contribution in [2.24, 2.45) is 5.73 Å². The fourth-order valence-electron chi connectivity index (χ4n) is 1.43. The van der Waals surface area contributed by atoms with Gasteiger partial charge in [-0.15, -0.1) is 11.3 Å². The molecule has 4 nitrogen and oxygen atoms in total. The molecule has 1 saturated heterocycles. The number of rotatable bonds is 3. The van der Waals surface area contributed by atoms with Crippen LogP contribution in [0.4, 0.5) is 5.13 Å². The molecule has 0 saturated carbocycles. The summed E-state index contributed by atoms with van der Waals surface area (Å²) in [5.41, 5.74) is 5.63. The first-order valence-corrected chi connectivity index (χ1v) is 5.18. The molecule has 0 aliphatic carbocycles. The topological polar surface area (TPSA) is 60.2 Å². The second kappa shape index (κ2) is 3.61. The molecule has 0 amide bonds. The molecule has 0 aromatic carbocycles. The van der Waals surface area contributed by atoms with Crippen LogP contribution in [0.2, 0.25) is 0 Å². The third-order valence-electron chi connectivity index (χ3n) is 2.30. The number of anilines is 1. The first-order valence-electron chi connectivity index (χ1n) is 4.30. The summed E-state index contributed by atoms with van der Waals surface area (Å²) in [6, 6.07) is 0. The highest BCUT2D eigenvalue weighted by Gasteiger charge is 2.33. The summed E-state index contributed by atoms with van der Waals surface area (Å²) < 4.78 is 5.33. The minimum atomic E-state index is -0.0855. The summed E-state index contributed by atoms with van der Waals surface area (Å²) in [5.74, 6) is 0. The van der Waals surface area contributed by atoms with E-state index in [2.05, 4.69) is 10.3 Å². The molecule has 3 N–H and O–H groups in total. The van der Waals surface area contributed by atoms with E-state index in [1.807, 2.05) is 5.38 Å². The van der Waals surface area contributed by atoms with Gasteiger partial charge in [0, 0.05) is 24.7 Å². The summed E-state index contributed by atoms with van der Waals surface area (Å²) in [7, 11) is 0. The molecular weight excluding hydrogens is 186 g/mol. The van der Waals surface area contributed by atoms with E-state index in [0.717, 1.165) is 18.2 Å². The summed E-state index contributed by atoms with van der Waals surface area (Å²) in [4.78, 5) is 4.17. The molecule has 1 unspecified atom stereocenters. The van der Waals surface area contributed by atoms with E-state index in [0.29, 0.717) is 13.2 Å². The maximum Gasteiger partial charge on any atom is 0.183 e. The average molecular weight is 199 g/mol. The van der Waals surface area contributed by atoms with Gasteiger partial charge in [0.2, 0.25) is 0 Å². The van der Waals surface area contributed by atoms with Crippen LogP contribution in [-0.4, -0.2) is 30.3 Å². The summed E-state index contributed by atoms with van der Waals surface area (Å²) >= 11 is 1.59. The summed E-state index contributed by atoms with van der Waals surface area (Å²) in [5, 5.41) is 6.22. The van der Waals surface area contributed by atoms with Crippen LogP contribution in [-0.2, 0) is 4.74 Å². The van der Waals surface area contributed by atoms with E-state index in [4.69, 9.17) is 10.5 Å². The van der Waals surface area contributed by atoms with Gasteiger partial charge < -0.3 is 15.8 Å². The Morgan fingerprint density at radius 3 is 3.23 bits per heavy atom. The molecule has 13 heavy (non-hydrogen) atoms. The van der Waals surface area contributed by atoms with Crippen molar-refractivity contribution in [3.05, 3.63) is 11.6 Å². The van der Waals surface area contributed by atoms with Gasteiger partial charge in [-0.25, -0.2) is 4.98 Å². The Bertz CT molecular complexity index is 256. The number of ether oxygens (including phenoxy) is 1. The van der Waals surface area contributed by atoms with Gasteiger partial charge in [0.15, 0.2) is 5.13 Å². The van der Waals surface area contributed by atoms with Crippen molar-refractivity contribution in [2.45, 2.75) is 12.0 Å². The lowest BCUT2D eigenvalue weighted by Gasteiger charge is -2.26. The molecule has 0 radical (unpaired) electrons. The Kier molecular flexibility index (Phi) is 2.48. The highest BCUT2D eigenvalue weighted by atomic mass is 32.1. The van der Waals surface area contributed by atoms with Crippen molar-refractivity contribution in [1.82, 2.24) is 4.98 Å². The molecule has 2 rings (SSSR count). The van der Waals surface area contributed by atoms with Gasteiger partial charge in [-0.1, -0.05) is 0 Å². The van der Waals surface area contributed by atoms with E-state index >= 15 is 0 Å². The van der Waals surface area contributed by atoms with Crippen LogP contribution in [0, 0.1) is 0 Å². The van der Waals surface area contributed by atoms with E-state index in [-0.39, 0.29) is 5.54 Å². The molecule has 1 atom stereocenters. The SMILES string of the molecule is NCC1(Nc2nccs2)CCOC1. The van der Waals surface area contributed by atoms with Gasteiger partial charge in [-0.05, 0) is 6.42 Å². The molecule has 0 bridgehead atoms. The lowest BCUT2D eigenvalue weighted by atomic mass is 10.00. The molecule has 1 aliphatic rings. The fourth-order valence-corrected chi connectivity index (χ4v) is 2.08. The molecule has 72 valence electrons. The van der Waals surface area contributed by atoms with Crippen LogP contribution in [0.1, 0.15) is 6.42 Å². The molecule has 1 aliphatic heterocycles. The Balaban J connectivity index is 2.06. The van der Waals surface area contributed by atoms with Crippen molar-refractivity contribution < 1.29 is 4.74 Å². The lowest BCUT2D eigenvalue weighted by molar-refractivity contribution is 0.183. The number of thiazole rings is 1. The van der Waals surface area contributed by atoms with Gasteiger partial charge in [0.1, 0.15) is 0 Å². The van der Waals surface area contributed by atoms with E-state index in [1.165, 1.54) is 0 Å². The van der Waals surface area contributed by atoms with E-state index in [9.17, 15) is 0 Å². The molecule has 1 aromatic heterocycles. The molecule has 5 heteroatoms. The predicted molar refractivity (Wildman–Crippen MR) is 53.0 cm³/mol. The highest BCUT2D eigenvalue weighted by molar-refractivity contribution is 7.13. The number of nitrogens with zero attached hydrogens (tertiary/aromatic N) is 1. The summed E-state index contributed by atoms with van der Waals surface area (Å²) in [6.07, 6.45) is 2.75. The van der Waals surface area contributed by atoms with Crippen LogP contribution in [0.3, 0.4) is 0 Å². The van der Waals surface area contributed by atoms with E-state index < -0.39 is 0 Å². The monoisotopic (exact) mass is 199 g/mol. The van der Waals surface area contributed by atoms with Crippen LogP contribution in [0.5, 0.6) is 0 Å². The third kappa shape index (κ3) is 1.82. The zero-order chi connectivity index (χ0) is 9.15. The van der Waals surface area contributed by atoms with Crippen molar-refractivity contribution >= 4 is 16.5 Å². The van der Waals surface area contributed by atoms with Gasteiger partial charge in [-0.3, -0.25) is 0 Å². The largest absolute Gasteiger partial charge is 0.379 e. The van der Waals surface area contributed by atoms with Crippen molar-refractivity contribution in [3.8, 4) is 0 Å². The number of hydrogen-bond donors (Lipinski definition) is 2. The second-order valence-corrected chi connectivity index (χ2v) is 4.14. The summed E-state index contributed by atoms with van der Waals surface area (Å²) in [6.45, 7) is 2.06. The molecule has 2 heterocycles. The lowest BCUT2D eigenvalue weighted by Crippen LogP contribution is -2.46. The number of aromatic nitrogens is 1. The van der Waals surface area contributed by atoms with Crippen molar-refractivity contribution in [2.75, 3.05) is 25.1 Å². The van der Waals surface area contributed by atoms with Crippen LogP contribution < -0.4 is 11.1 Å². The average Bonchev–Trinajstić information content (AvgIpc) is 2.77. The Labute approximate surface area is 81.1 Å². The maximum atomic E-state index is 5.72. The minimum Gasteiger partial charge on any atom is -0.379 e. The third-order valence-corrected chi connectivity index (χ3v) is 2.99. The van der Waals surface area contributed by atoms with Crippen molar-refractivity contribution in [3.63, 3.8) is 0 Å². The van der Waals surface area contributed by atoms with Crippen molar-refractivity contribution in [1.29, 1.82) is 0 Å². The van der Waals surface area contributed by atoms with Gasteiger partial charge in [0.25, 0.3) is 0 Å². The van der Waals surface area contributed by atoms with Crippen LogP contribution in [0.25, 0.3) is 0 Å². The Morgan fingerprint density at radius 2 is 2.69 bits per heavy atom. The Hall–Kier alpha value is -0.650.